The molecule has 23 heavy (non-hydrogen) atoms. The molecule has 0 aromatic carbocycles. The van der Waals surface area contributed by atoms with Gasteiger partial charge in [0.1, 0.15) is 11.5 Å². The van der Waals surface area contributed by atoms with Gasteiger partial charge in [-0.2, -0.15) is 0 Å². The van der Waals surface area contributed by atoms with Crippen LogP contribution >= 0.6 is 0 Å². The molecule has 0 aliphatic heterocycles. The monoisotopic (exact) mass is 318 g/mol. The second-order valence-corrected chi connectivity index (χ2v) is 5.27. The molecule has 1 aromatic heterocycles. The molecular weight excluding hydrogens is 296 g/mol. The highest BCUT2D eigenvalue weighted by Crippen LogP contribution is 2.28. The van der Waals surface area contributed by atoms with Gasteiger partial charge in [0.15, 0.2) is 12.2 Å². The highest BCUT2D eigenvalue weighted by Gasteiger charge is 2.22. The Balaban J connectivity index is 2.87. The molecule has 2 atom stereocenters. The van der Waals surface area contributed by atoms with Crippen molar-refractivity contribution in [2.75, 3.05) is 0 Å². The van der Waals surface area contributed by atoms with E-state index >= 15 is 0 Å². The third-order valence-corrected chi connectivity index (χ3v) is 2.98. The van der Waals surface area contributed by atoms with Crippen LogP contribution < -0.4 is 0 Å². The lowest BCUT2D eigenvalue weighted by Gasteiger charge is -2.15. The van der Waals surface area contributed by atoms with Gasteiger partial charge in [-0.25, -0.2) is 9.59 Å². The molecule has 0 spiro atoms. The minimum atomic E-state index is -0.602. The summed E-state index contributed by atoms with van der Waals surface area (Å²) in [6.07, 6.45) is 0.846. The van der Waals surface area contributed by atoms with Crippen molar-refractivity contribution in [1.29, 1.82) is 0 Å². The second kappa shape index (κ2) is 8.17. The van der Waals surface area contributed by atoms with Gasteiger partial charge < -0.3 is 13.9 Å². The van der Waals surface area contributed by atoms with Crippen LogP contribution in [0.5, 0.6) is 0 Å². The number of carbonyl (C=O) groups excluding carboxylic acids is 2. The zero-order valence-corrected chi connectivity index (χ0v) is 13.8. The minimum absolute atomic E-state index is 0.301. The quantitative estimate of drug-likeness (QED) is 0.408. The van der Waals surface area contributed by atoms with Gasteiger partial charge in [0, 0.05) is 17.6 Å². The Morgan fingerprint density at radius 1 is 1.13 bits per heavy atom. The number of ether oxygens (including phenoxy) is 2. The first-order chi connectivity index (χ1) is 10.8. The molecule has 0 saturated carbocycles. The summed E-state index contributed by atoms with van der Waals surface area (Å²) in [5, 5.41) is 0. The number of hydrogen-bond acceptors (Lipinski definition) is 5. The van der Waals surface area contributed by atoms with E-state index in [0.717, 1.165) is 0 Å². The van der Waals surface area contributed by atoms with Crippen molar-refractivity contribution in [3.63, 3.8) is 0 Å². The molecule has 1 aromatic rings. The number of carbonyl (C=O) groups is 2. The van der Waals surface area contributed by atoms with Crippen LogP contribution in [0.15, 0.2) is 53.5 Å². The van der Waals surface area contributed by atoms with Crippen LogP contribution in [0.25, 0.3) is 0 Å². The van der Waals surface area contributed by atoms with Crippen LogP contribution in [0.3, 0.4) is 0 Å². The van der Waals surface area contributed by atoms with Gasteiger partial charge in [-0.05, 0) is 32.9 Å². The predicted octanol–water partition coefficient (Wildman–Crippen LogP) is 4.20. The Hall–Kier alpha value is -2.56. The van der Waals surface area contributed by atoms with Crippen molar-refractivity contribution < 1.29 is 23.5 Å². The fourth-order valence-electron chi connectivity index (χ4n) is 1.68. The van der Waals surface area contributed by atoms with E-state index in [-0.39, 0.29) is 0 Å². The molecule has 0 fully saturated rings. The standard InChI is InChI=1S/C18H22O5/c1-7-8-15(23-18(20)12(4)5)16-10-9-14(22-16)13(6)21-17(19)11(2)3/h7,9-10,13,15H,1-2,4,8H2,3,5-6H3. The van der Waals surface area contributed by atoms with E-state index in [9.17, 15) is 9.59 Å². The van der Waals surface area contributed by atoms with Crippen LogP contribution in [0.2, 0.25) is 0 Å². The van der Waals surface area contributed by atoms with Crippen LogP contribution in [0, 0.1) is 0 Å². The first-order valence-electron chi connectivity index (χ1n) is 7.19. The number of furan rings is 1. The fraction of sp³-hybridized carbons (Fsp3) is 0.333. The van der Waals surface area contributed by atoms with Crippen LogP contribution in [0.4, 0.5) is 0 Å². The highest BCUT2D eigenvalue weighted by molar-refractivity contribution is 5.87. The molecule has 0 aliphatic rings. The third kappa shape index (κ3) is 5.29. The fourth-order valence-corrected chi connectivity index (χ4v) is 1.68. The van der Waals surface area contributed by atoms with Crippen molar-refractivity contribution in [3.05, 3.63) is 60.6 Å². The van der Waals surface area contributed by atoms with Crippen molar-refractivity contribution in [1.82, 2.24) is 0 Å². The molecule has 5 heteroatoms. The molecule has 0 N–H and O–H groups in total. The van der Waals surface area contributed by atoms with Crippen LogP contribution in [-0.2, 0) is 19.1 Å². The normalized spacial score (nSPS) is 12.8. The summed E-state index contributed by atoms with van der Waals surface area (Å²) < 4.78 is 16.2. The summed E-state index contributed by atoms with van der Waals surface area (Å²) in [6.45, 7) is 15.5. The maximum Gasteiger partial charge on any atom is 0.333 e. The van der Waals surface area contributed by atoms with Crippen molar-refractivity contribution in [2.45, 2.75) is 39.4 Å². The van der Waals surface area contributed by atoms with Crippen LogP contribution in [-0.4, -0.2) is 11.9 Å². The van der Waals surface area contributed by atoms with Crippen LogP contribution in [0.1, 0.15) is 50.9 Å². The smallest absolute Gasteiger partial charge is 0.333 e. The number of rotatable bonds is 8. The minimum Gasteiger partial charge on any atom is -0.458 e. The summed E-state index contributed by atoms with van der Waals surface area (Å²) in [4.78, 5) is 23.2. The van der Waals surface area contributed by atoms with E-state index in [1.54, 1.807) is 39.0 Å². The van der Waals surface area contributed by atoms with Gasteiger partial charge in [0.25, 0.3) is 0 Å². The van der Waals surface area contributed by atoms with E-state index < -0.39 is 24.1 Å². The molecule has 5 nitrogen and oxygen atoms in total. The lowest BCUT2D eigenvalue weighted by molar-refractivity contribution is -0.145. The Morgan fingerprint density at radius 2 is 1.65 bits per heavy atom. The molecule has 0 aliphatic carbocycles. The Bertz CT molecular complexity index is 623. The summed E-state index contributed by atoms with van der Waals surface area (Å²) in [7, 11) is 0. The van der Waals surface area contributed by atoms with Gasteiger partial charge in [0.2, 0.25) is 0 Å². The first kappa shape index (κ1) is 18.5. The van der Waals surface area contributed by atoms with E-state index in [2.05, 4.69) is 19.7 Å². The zero-order valence-electron chi connectivity index (χ0n) is 13.8. The van der Waals surface area contributed by atoms with Crippen molar-refractivity contribution in [2.24, 2.45) is 0 Å². The van der Waals surface area contributed by atoms with E-state index in [4.69, 9.17) is 13.9 Å². The largest absolute Gasteiger partial charge is 0.458 e. The molecule has 0 radical (unpaired) electrons. The lowest BCUT2D eigenvalue weighted by atomic mass is 10.2. The Kier molecular flexibility index (Phi) is 6.57. The van der Waals surface area contributed by atoms with E-state index in [1.807, 2.05) is 0 Å². The van der Waals surface area contributed by atoms with Gasteiger partial charge in [-0.15, -0.1) is 6.58 Å². The molecule has 1 heterocycles. The molecule has 0 bridgehead atoms. The van der Waals surface area contributed by atoms with Crippen molar-refractivity contribution >= 4 is 11.9 Å². The SMILES string of the molecule is C=CCC(OC(=O)C(=C)C)c1ccc(C(C)OC(=O)C(=C)C)o1. The van der Waals surface area contributed by atoms with Gasteiger partial charge >= 0.3 is 11.9 Å². The Morgan fingerprint density at radius 3 is 2.17 bits per heavy atom. The molecule has 1 rings (SSSR count). The number of hydrogen-bond donors (Lipinski definition) is 0. The third-order valence-electron chi connectivity index (χ3n) is 2.98. The second-order valence-electron chi connectivity index (χ2n) is 5.27. The first-order valence-corrected chi connectivity index (χ1v) is 7.19. The maximum absolute atomic E-state index is 11.7. The van der Waals surface area contributed by atoms with E-state index in [1.165, 1.54) is 0 Å². The summed E-state index contributed by atoms with van der Waals surface area (Å²) in [6, 6.07) is 3.36. The average Bonchev–Trinajstić information content (AvgIpc) is 2.96. The summed E-state index contributed by atoms with van der Waals surface area (Å²) in [5.41, 5.74) is 0.609. The highest BCUT2D eigenvalue weighted by atomic mass is 16.6. The summed E-state index contributed by atoms with van der Waals surface area (Å²) >= 11 is 0. The molecular formula is C18H22O5. The maximum atomic E-state index is 11.7. The molecule has 2 unspecified atom stereocenters. The molecule has 0 saturated heterocycles. The zero-order chi connectivity index (χ0) is 17.6. The van der Waals surface area contributed by atoms with Gasteiger partial charge in [-0.3, -0.25) is 0 Å². The Labute approximate surface area is 136 Å². The van der Waals surface area contributed by atoms with Crippen molar-refractivity contribution in [3.8, 4) is 0 Å². The average molecular weight is 318 g/mol. The molecule has 124 valence electrons. The van der Waals surface area contributed by atoms with Gasteiger partial charge in [-0.1, -0.05) is 19.2 Å². The van der Waals surface area contributed by atoms with Gasteiger partial charge in [0.05, 0.1) is 0 Å². The topological polar surface area (TPSA) is 65.7 Å². The lowest BCUT2D eigenvalue weighted by Crippen LogP contribution is -2.11. The predicted molar refractivity (Wildman–Crippen MR) is 86.5 cm³/mol. The molecule has 0 amide bonds. The number of esters is 2. The van der Waals surface area contributed by atoms with E-state index in [0.29, 0.717) is 29.1 Å². The summed E-state index contributed by atoms with van der Waals surface area (Å²) in [5.74, 6) is -0.0916.